The molecule has 0 aromatic carbocycles. The van der Waals surface area contributed by atoms with Crippen molar-refractivity contribution in [3.05, 3.63) is 0 Å². The fraction of sp³-hybridized carbons (Fsp3) is 0.857. The fourth-order valence-electron chi connectivity index (χ4n) is 1.41. The number of carboxylic acid groups (broad SMARTS) is 2. The Morgan fingerprint density at radius 2 is 1.00 bits per heavy atom. The summed E-state index contributed by atoms with van der Waals surface area (Å²) in [4.78, 5) is 19.9. The van der Waals surface area contributed by atoms with E-state index in [2.05, 4.69) is 13.8 Å². The Morgan fingerprint density at radius 1 is 0.684 bits per heavy atom. The van der Waals surface area contributed by atoms with E-state index in [-0.39, 0.29) is 17.1 Å². The average Bonchev–Trinajstić information content (AvgIpc) is 2.31. The van der Waals surface area contributed by atoms with Gasteiger partial charge in [-0.1, -0.05) is 52.4 Å². The first kappa shape index (κ1) is 23.5. The molecule has 0 saturated carbocycles. The molecule has 0 aromatic rings. The number of carbonyl (C=O) groups is 2. The predicted octanol–water partition coefficient (Wildman–Crippen LogP) is 4.08. The molecule has 0 rings (SSSR count). The second-order valence-corrected chi connectivity index (χ2v) is 4.41. The summed E-state index contributed by atoms with van der Waals surface area (Å²) in [6.07, 6.45) is 9.11. The van der Waals surface area contributed by atoms with Crippen molar-refractivity contribution in [3.8, 4) is 0 Å². The maximum Gasteiger partial charge on any atom is 0.303 e. The van der Waals surface area contributed by atoms with E-state index in [1.165, 1.54) is 12.8 Å². The molecule has 2 N–H and O–H groups in total. The van der Waals surface area contributed by atoms with Crippen LogP contribution in [0.5, 0.6) is 0 Å². The van der Waals surface area contributed by atoms with Gasteiger partial charge in [-0.15, -0.1) is 0 Å². The molecule has 0 heterocycles. The van der Waals surface area contributed by atoms with Gasteiger partial charge in [0.05, 0.1) is 0 Å². The summed E-state index contributed by atoms with van der Waals surface area (Å²) < 4.78 is 0. The van der Waals surface area contributed by atoms with E-state index >= 15 is 0 Å². The molecule has 0 unspecified atom stereocenters. The first-order valence-electron chi connectivity index (χ1n) is 6.98. The summed E-state index contributed by atoms with van der Waals surface area (Å²) in [5.74, 6) is -1.35. The van der Waals surface area contributed by atoms with Gasteiger partial charge in [0.15, 0.2) is 0 Å². The van der Waals surface area contributed by atoms with Crippen LogP contribution in [0, 0.1) is 0 Å². The maximum absolute atomic E-state index is 9.96. The fourth-order valence-corrected chi connectivity index (χ4v) is 1.41. The van der Waals surface area contributed by atoms with Crippen molar-refractivity contribution >= 4 is 11.9 Å². The summed E-state index contributed by atoms with van der Waals surface area (Å²) in [7, 11) is 0. The number of hydrogen-bond acceptors (Lipinski definition) is 2. The first-order chi connectivity index (χ1) is 8.54. The van der Waals surface area contributed by atoms with Gasteiger partial charge >= 0.3 is 11.9 Å². The standard InChI is InChI=1S/2C7H14O2.Cu/c2*1-2-3-4-5-6-7(8)9;/h2*2-6H2,1H3,(H,8,9);. The molecule has 1 radical (unpaired) electrons. The van der Waals surface area contributed by atoms with Crippen LogP contribution in [-0.4, -0.2) is 22.2 Å². The van der Waals surface area contributed by atoms with E-state index in [1.54, 1.807) is 0 Å². The molecule has 119 valence electrons. The van der Waals surface area contributed by atoms with Crippen LogP contribution >= 0.6 is 0 Å². The molecule has 0 aliphatic rings. The maximum atomic E-state index is 9.96. The Hall–Kier alpha value is -0.541. The molecule has 0 atom stereocenters. The van der Waals surface area contributed by atoms with E-state index in [4.69, 9.17) is 10.2 Å². The van der Waals surface area contributed by atoms with Crippen molar-refractivity contribution in [1.82, 2.24) is 0 Å². The Morgan fingerprint density at radius 3 is 1.21 bits per heavy atom. The molecule has 0 amide bonds. The summed E-state index contributed by atoms with van der Waals surface area (Å²) in [6, 6.07) is 0. The van der Waals surface area contributed by atoms with Gasteiger partial charge in [-0.05, 0) is 12.8 Å². The number of hydrogen-bond donors (Lipinski definition) is 2. The van der Waals surface area contributed by atoms with Gasteiger partial charge in [-0.3, -0.25) is 9.59 Å². The Kier molecular flexibility index (Phi) is 24.5. The third kappa shape index (κ3) is 31.8. The van der Waals surface area contributed by atoms with Gasteiger partial charge in [0, 0.05) is 29.9 Å². The van der Waals surface area contributed by atoms with E-state index in [9.17, 15) is 9.59 Å². The Balaban J connectivity index is -0.000000256. The third-order valence-electron chi connectivity index (χ3n) is 2.49. The smallest absolute Gasteiger partial charge is 0.303 e. The van der Waals surface area contributed by atoms with E-state index in [0.29, 0.717) is 12.8 Å². The van der Waals surface area contributed by atoms with Crippen LogP contribution in [0.1, 0.15) is 78.1 Å². The van der Waals surface area contributed by atoms with Crippen molar-refractivity contribution < 1.29 is 36.9 Å². The zero-order valence-electron chi connectivity index (χ0n) is 12.1. The molecule has 0 fully saturated rings. The zero-order valence-corrected chi connectivity index (χ0v) is 13.0. The van der Waals surface area contributed by atoms with E-state index < -0.39 is 11.9 Å². The minimum absolute atomic E-state index is 0. The van der Waals surface area contributed by atoms with Crippen LogP contribution < -0.4 is 0 Å². The van der Waals surface area contributed by atoms with Crippen molar-refractivity contribution in [2.75, 3.05) is 0 Å². The zero-order chi connectivity index (χ0) is 14.2. The van der Waals surface area contributed by atoms with Crippen molar-refractivity contribution in [2.45, 2.75) is 78.1 Å². The normalized spacial score (nSPS) is 8.95. The monoisotopic (exact) mass is 323 g/mol. The third-order valence-corrected chi connectivity index (χ3v) is 2.49. The largest absolute Gasteiger partial charge is 0.481 e. The van der Waals surface area contributed by atoms with Crippen molar-refractivity contribution in [3.63, 3.8) is 0 Å². The van der Waals surface area contributed by atoms with Crippen LogP contribution in [0.15, 0.2) is 0 Å². The minimum Gasteiger partial charge on any atom is -0.481 e. The molecule has 0 bridgehead atoms. The molecule has 0 aliphatic heterocycles. The van der Waals surface area contributed by atoms with Crippen molar-refractivity contribution in [2.24, 2.45) is 0 Å². The Labute approximate surface area is 127 Å². The van der Waals surface area contributed by atoms with Gasteiger partial charge in [-0.25, -0.2) is 0 Å². The molecule has 0 aromatic heterocycles. The second-order valence-electron chi connectivity index (χ2n) is 4.41. The predicted molar refractivity (Wildman–Crippen MR) is 72.8 cm³/mol. The van der Waals surface area contributed by atoms with E-state index in [0.717, 1.165) is 38.5 Å². The molecular formula is C14H28CuO4. The van der Waals surface area contributed by atoms with Crippen LogP contribution in [0.4, 0.5) is 0 Å². The quantitative estimate of drug-likeness (QED) is 0.469. The van der Waals surface area contributed by atoms with Crippen LogP contribution in [0.3, 0.4) is 0 Å². The van der Waals surface area contributed by atoms with Crippen LogP contribution in [0.25, 0.3) is 0 Å². The molecule has 0 spiro atoms. The van der Waals surface area contributed by atoms with Crippen molar-refractivity contribution in [1.29, 1.82) is 0 Å². The topological polar surface area (TPSA) is 74.6 Å². The number of unbranched alkanes of at least 4 members (excludes halogenated alkanes) is 6. The molecule has 0 aliphatic carbocycles. The molecule has 0 saturated heterocycles. The van der Waals surface area contributed by atoms with Gasteiger partial charge in [0.2, 0.25) is 0 Å². The summed E-state index contributed by atoms with van der Waals surface area (Å²) in [5, 5.41) is 16.4. The summed E-state index contributed by atoms with van der Waals surface area (Å²) >= 11 is 0. The number of carboxylic acids is 2. The number of rotatable bonds is 10. The molecule has 5 heteroatoms. The average molecular weight is 324 g/mol. The van der Waals surface area contributed by atoms with Gasteiger partial charge < -0.3 is 10.2 Å². The summed E-state index contributed by atoms with van der Waals surface area (Å²) in [5.41, 5.74) is 0. The molecular weight excluding hydrogens is 296 g/mol. The minimum atomic E-state index is -0.675. The van der Waals surface area contributed by atoms with Gasteiger partial charge in [-0.2, -0.15) is 0 Å². The first-order valence-corrected chi connectivity index (χ1v) is 6.98. The van der Waals surface area contributed by atoms with Gasteiger partial charge in [0.25, 0.3) is 0 Å². The van der Waals surface area contributed by atoms with Crippen LogP contribution in [0.2, 0.25) is 0 Å². The van der Waals surface area contributed by atoms with E-state index in [1.807, 2.05) is 0 Å². The van der Waals surface area contributed by atoms with Crippen LogP contribution in [-0.2, 0) is 26.7 Å². The summed E-state index contributed by atoms with van der Waals surface area (Å²) in [6.45, 7) is 4.22. The second kappa shape index (κ2) is 19.8. The SMILES string of the molecule is CCCCCCC(=O)O.CCCCCCC(=O)O.[Cu]. The number of aliphatic carboxylic acids is 2. The molecule has 19 heavy (non-hydrogen) atoms. The molecule has 4 nitrogen and oxygen atoms in total. The Bertz CT molecular complexity index is 186. The van der Waals surface area contributed by atoms with Gasteiger partial charge in [0.1, 0.15) is 0 Å².